The van der Waals surface area contributed by atoms with Crippen molar-refractivity contribution in [2.45, 2.75) is 52.2 Å². The Kier molecular flexibility index (Phi) is 6.93. The Morgan fingerprint density at radius 1 is 1.24 bits per heavy atom. The van der Waals surface area contributed by atoms with Crippen molar-refractivity contribution < 1.29 is 14.6 Å². The van der Waals surface area contributed by atoms with Crippen LogP contribution in [0, 0.1) is 17.8 Å². The van der Waals surface area contributed by atoms with Gasteiger partial charge in [-0.15, -0.1) is 0 Å². The molecular weight excluding hydrogens is 266 g/mol. The maximum absolute atomic E-state index is 10.2. The van der Waals surface area contributed by atoms with Crippen molar-refractivity contribution >= 4 is 0 Å². The second-order valence-corrected chi connectivity index (χ2v) is 7.26. The zero-order valence-electron chi connectivity index (χ0n) is 14.0. The molecule has 1 aliphatic carbocycles. The molecule has 21 heavy (non-hydrogen) atoms. The van der Waals surface area contributed by atoms with E-state index in [1.54, 1.807) is 0 Å². The Morgan fingerprint density at radius 3 is 2.62 bits per heavy atom. The molecule has 0 aromatic heterocycles. The summed E-state index contributed by atoms with van der Waals surface area (Å²) in [5, 5.41) is 10.2. The average molecular weight is 299 g/mol. The SMILES string of the molecule is CC(C)[C@H]1CC[C@@H](C)C[C@H]1OC[C@@H](O)CN1CCOCC1. The van der Waals surface area contributed by atoms with Crippen molar-refractivity contribution in [3.05, 3.63) is 0 Å². The molecule has 1 N–H and O–H groups in total. The van der Waals surface area contributed by atoms with Gasteiger partial charge in [0.2, 0.25) is 0 Å². The number of ether oxygens (including phenoxy) is 2. The predicted molar refractivity (Wildman–Crippen MR) is 84.3 cm³/mol. The Hall–Kier alpha value is -0.160. The van der Waals surface area contributed by atoms with Gasteiger partial charge in [-0.2, -0.15) is 0 Å². The van der Waals surface area contributed by atoms with Gasteiger partial charge in [-0.3, -0.25) is 4.90 Å². The van der Waals surface area contributed by atoms with Crippen LogP contribution >= 0.6 is 0 Å². The highest BCUT2D eigenvalue weighted by atomic mass is 16.5. The van der Waals surface area contributed by atoms with Crippen molar-refractivity contribution in [1.82, 2.24) is 4.90 Å². The molecule has 0 radical (unpaired) electrons. The maximum atomic E-state index is 10.2. The van der Waals surface area contributed by atoms with E-state index in [-0.39, 0.29) is 6.10 Å². The predicted octanol–water partition coefficient (Wildman–Crippen LogP) is 2.16. The van der Waals surface area contributed by atoms with Gasteiger partial charge in [0.25, 0.3) is 0 Å². The monoisotopic (exact) mass is 299 g/mol. The highest BCUT2D eigenvalue weighted by Gasteiger charge is 2.31. The van der Waals surface area contributed by atoms with Gasteiger partial charge in [-0.05, 0) is 30.6 Å². The van der Waals surface area contributed by atoms with E-state index in [4.69, 9.17) is 9.47 Å². The summed E-state index contributed by atoms with van der Waals surface area (Å²) in [6.45, 7) is 11.5. The first-order valence-corrected chi connectivity index (χ1v) is 8.66. The minimum Gasteiger partial charge on any atom is -0.389 e. The summed E-state index contributed by atoms with van der Waals surface area (Å²) in [6, 6.07) is 0. The van der Waals surface area contributed by atoms with Crippen LogP contribution in [-0.2, 0) is 9.47 Å². The smallest absolute Gasteiger partial charge is 0.0900 e. The van der Waals surface area contributed by atoms with E-state index in [0.29, 0.717) is 31.1 Å². The summed E-state index contributed by atoms with van der Waals surface area (Å²) in [5.74, 6) is 2.07. The number of hydrogen-bond acceptors (Lipinski definition) is 4. The Balaban J connectivity index is 1.73. The number of morpholine rings is 1. The summed E-state index contributed by atoms with van der Waals surface area (Å²) in [4.78, 5) is 2.26. The topological polar surface area (TPSA) is 41.9 Å². The Labute approximate surface area is 129 Å². The molecule has 124 valence electrons. The maximum Gasteiger partial charge on any atom is 0.0900 e. The molecule has 1 saturated heterocycles. The average Bonchev–Trinajstić information content (AvgIpc) is 2.46. The minimum atomic E-state index is -0.381. The zero-order valence-corrected chi connectivity index (χ0v) is 14.0. The molecule has 2 fully saturated rings. The number of β-amino-alcohol motifs (C(OH)–C–C–N with tert-alkyl or cyclic N) is 1. The van der Waals surface area contributed by atoms with E-state index in [9.17, 15) is 5.11 Å². The van der Waals surface area contributed by atoms with Crippen LogP contribution in [0.3, 0.4) is 0 Å². The molecule has 4 heteroatoms. The molecule has 4 nitrogen and oxygen atoms in total. The van der Waals surface area contributed by atoms with Gasteiger partial charge in [-0.1, -0.05) is 27.2 Å². The van der Waals surface area contributed by atoms with Gasteiger partial charge < -0.3 is 14.6 Å². The summed E-state index contributed by atoms with van der Waals surface area (Å²) in [5.41, 5.74) is 0. The van der Waals surface area contributed by atoms with E-state index < -0.39 is 0 Å². The van der Waals surface area contributed by atoms with Crippen molar-refractivity contribution in [3.63, 3.8) is 0 Å². The molecule has 1 saturated carbocycles. The van der Waals surface area contributed by atoms with Gasteiger partial charge in [-0.25, -0.2) is 0 Å². The fraction of sp³-hybridized carbons (Fsp3) is 1.00. The third-order valence-electron chi connectivity index (χ3n) is 5.04. The fourth-order valence-corrected chi connectivity index (χ4v) is 3.68. The second kappa shape index (κ2) is 8.47. The molecule has 1 aliphatic heterocycles. The largest absolute Gasteiger partial charge is 0.389 e. The van der Waals surface area contributed by atoms with Crippen molar-refractivity contribution in [2.75, 3.05) is 39.5 Å². The van der Waals surface area contributed by atoms with Crippen LogP contribution in [0.25, 0.3) is 0 Å². The van der Waals surface area contributed by atoms with Gasteiger partial charge in [0.05, 0.1) is 32.0 Å². The van der Waals surface area contributed by atoms with E-state index in [2.05, 4.69) is 25.7 Å². The molecule has 1 heterocycles. The van der Waals surface area contributed by atoms with E-state index >= 15 is 0 Å². The highest BCUT2D eigenvalue weighted by molar-refractivity contribution is 4.81. The summed E-state index contributed by atoms with van der Waals surface area (Å²) in [7, 11) is 0. The van der Waals surface area contributed by atoms with Crippen molar-refractivity contribution in [1.29, 1.82) is 0 Å². The standard InChI is InChI=1S/C17H33NO3/c1-13(2)16-5-4-14(3)10-17(16)21-12-15(19)11-18-6-8-20-9-7-18/h13-17,19H,4-12H2,1-3H3/t14-,15+,16-,17-/m1/s1. The first kappa shape index (κ1) is 17.2. The van der Waals surface area contributed by atoms with E-state index in [0.717, 1.165) is 38.6 Å². The lowest BCUT2D eigenvalue weighted by Gasteiger charge is -2.38. The number of aliphatic hydroxyl groups excluding tert-OH is 1. The van der Waals surface area contributed by atoms with Gasteiger partial charge >= 0.3 is 0 Å². The first-order valence-electron chi connectivity index (χ1n) is 8.66. The molecule has 2 aliphatic rings. The molecule has 0 unspecified atom stereocenters. The molecule has 0 aromatic carbocycles. The summed E-state index contributed by atoms with van der Waals surface area (Å²) < 4.78 is 11.5. The summed E-state index contributed by atoms with van der Waals surface area (Å²) >= 11 is 0. The highest BCUT2D eigenvalue weighted by Crippen LogP contribution is 2.35. The molecule has 0 aromatic rings. The van der Waals surface area contributed by atoms with Crippen LogP contribution < -0.4 is 0 Å². The third kappa shape index (κ3) is 5.51. The van der Waals surface area contributed by atoms with Gasteiger partial charge in [0, 0.05) is 19.6 Å². The van der Waals surface area contributed by atoms with Gasteiger partial charge in [0.1, 0.15) is 0 Å². The lowest BCUT2D eigenvalue weighted by atomic mass is 9.75. The van der Waals surface area contributed by atoms with Crippen LogP contribution in [-0.4, -0.2) is 61.7 Å². The summed E-state index contributed by atoms with van der Waals surface area (Å²) in [6.07, 6.45) is 3.68. The molecule has 0 amide bonds. The van der Waals surface area contributed by atoms with Crippen molar-refractivity contribution in [2.24, 2.45) is 17.8 Å². The van der Waals surface area contributed by atoms with Gasteiger partial charge in [0.15, 0.2) is 0 Å². The van der Waals surface area contributed by atoms with E-state index in [1.165, 1.54) is 12.8 Å². The second-order valence-electron chi connectivity index (χ2n) is 7.26. The lowest BCUT2D eigenvalue weighted by Crippen LogP contribution is -2.43. The molecule has 0 bridgehead atoms. The van der Waals surface area contributed by atoms with Crippen LogP contribution in [0.15, 0.2) is 0 Å². The molecular formula is C17H33NO3. The molecule has 2 rings (SSSR count). The number of nitrogens with zero attached hydrogens (tertiary/aromatic N) is 1. The molecule has 0 spiro atoms. The quantitative estimate of drug-likeness (QED) is 0.816. The third-order valence-corrected chi connectivity index (χ3v) is 5.04. The zero-order chi connectivity index (χ0) is 15.2. The Bertz CT molecular complexity index is 292. The number of rotatable bonds is 6. The van der Waals surface area contributed by atoms with Crippen LogP contribution in [0.2, 0.25) is 0 Å². The van der Waals surface area contributed by atoms with Crippen LogP contribution in [0.4, 0.5) is 0 Å². The number of hydrogen-bond donors (Lipinski definition) is 1. The normalized spacial score (nSPS) is 33.3. The van der Waals surface area contributed by atoms with Crippen molar-refractivity contribution in [3.8, 4) is 0 Å². The Morgan fingerprint density at radius 2 is 1.95 bits per heavy atom. The number of aliphatic hydroxyl groups is 1. The minimum absolute atomic E-state index is 0.327. The van der Waals surface area contributed by atoms with Crippen LogP contribution in [0.1, 0.15) is 40.0 Å². The molecule has 4 atom stereocenters. The lowest BCUT2D eigenvalue weighted by molar-refractivity contribution is -0.0782. The van der Waals surface area contributed by atoms with Crippen LogP contribution in [0.5, 0.6) is 0 Å². The van der Waals surface area contributed by atoms with E-state index in [1.807, 2.05) is 0 Å². The fourth-order valence-electron chi connectivity index (χ4n) is 3.68. The first-order chi connectivity index (χ1) is 10.1.